The van der Waals surface area contributed by atoms with Crippen LogP contribution in [0, 0.1) is 19.8 Å². The van der Waals surface area contributed by atoms with Crippen molar-refractivity contribution in [3.63, 3.8) is 0 Å². The fourth-order valence-electron chi connectivity index (χ4n) is 3.55. The number of hydrogen-bond acceptors (Lipinski definition) is 4. The quantitative estimate of drug-likeness (QED) is 0.709. The van der Waals surface area contributed by atoms with E-state index in [-0.39, 0.29) is 29.3 Å². The summed E-state index contributed by atoms with van der Waals surface area (Å²) in [5.74, 6) is -0.598. The molecule has 1 aliphatic rings. The van der Waals surface area contributed by atoms with Crippen molar-refractivity contribution in [1.29, 1.82) is 0 Å². The lowest BCUT2D eigenvalue weighted by molar-refractivity contribution is -0.137. The number of imide groups is 1. The molecule has 3 rings (SSSR count). The van der Waals surface area contributed by atoms with Gasteiger partial charge in [0, 0.05) is 24.8 Å². The molecule has 0 saturated heterocycles. The van der Waals surface area contributed by atoms with Crippen LogP contribution in [0.15, 0.2) is 48.2 Å². The molecule has 1 heterocycles. The molecule has 0 aromatic heterocycles. The van der Waals surface area contributed by atoms with Gasteiger partial charge in [0.1, 0.15) is 5.70 Å². The van der Waals surface area contributed by atoms with Gasteiger partial charge in [0.2, 0.25) is 5.91 Å². The second-order valence-corrected chi connectivity index (χ2v) is 8.07. The van der Waals surface area contributed by atoms with Gasteiger partial charge < -0.3 is 10.6 Å². The Morgan fingerprint density at radius 1 is 0.967 bits per heavy atom. The van der Waals surface area contributed by atoms with Gasteiger partial charge in [-0.25, -0.2) is 0 Å². The lowest BCUT2D eigenvalue weighted by Crippen LogP contribution is -2.35. The van der Waals surface area contributed by atoms with Crippen LogP contribution in [0.3, 0.4) is 0 Å². The Labute approximate surface area is 177 Å². The zero-order valence-corrected chi connectivity index (χ0v) is 18.0. The second kappa shape index (κ2) is 8.53. The third-order valence-electron chi connectivity index (χ3n) is 4.84. The van der Waals surface area contributed by atoms with Crippen LogP contribution in [0.1, 0.15) is 37.5 Å². The van der Waals surface area contributed by atoms with E-state index < -0.39 is 0 Å². The first kappa shape index (κ1) is 21.3. The molecule has 2 aromatic rings. The zero-order chi connectivity index (χ0) is 22.0. The highest BCUT2D eigenvalue weighted by Gasteiger charge is 2.39. The largest absolute Gasteiger partial charge is 0.350 e. The Bertz CT molecular complexity index is 1040. The number of rotatable bonds is 6. The molecule has 0 bridgehead atoms. The molecule has 0 unspecified atom stereocenters. The topological polar surface area (TPSA) is 78.5 Å². The maximum absolute atomic E-state index is 13.2. The van der Waals surface area contributed by atoms with E-state index >= 15 is 0 Å². The van der Waals surface area contributed by atoms with Gasteiger partial charge in [-0.2, -0.15) is 0 Å². The van der Waals surface area contributed by atoms with Crippen LogP contribution in [-0.2, 0) is 14.4 Å². The Hall–Kier alpha value is -3.41. The number of nitrogens with zero attached hydrogens (tertiary/aromatic N) is 1. The summed E-state index contributed by atoms with van der Waals surface area (Å²) in [6, 6.07) is 12.9. The summed E-state index contributed by atoms with van der Waals surface area (Å²) in [6.07, 6.45) is 0. The van der Waals surface area contributed by atoms with Gasteiger partial charge in [0.05, 0.1) is 5.57 Å². The SMILES string of the molecule is CC(=O)Nc1ccc(NC2=C(c3ccc(C)cc3C)C(=O)N(CC(C)C)C2=O)cc1. The van der Waals surface area contributed by atoms with Crippen molar-refractivity contribution in [3.05, 3.63) is 64.9 Å². The summed E-state index contributed by atoms with van der Waals surface area (Å²) >= 11 is 0. The minimum absolute atomic E-state index is 0.156. The number of carbonyl (C=O) groups is 3. The first-order valence-electron chi connectivity index (χ1n) is 10.00. The molecule has 3 amide bonds. The van der Waals surface area contributed by atoms with Crippen LogP contribution in [0.5, 0.6) is 0 Å². The van der Waals surface area contributed by atoms with Crippen molar-refractivity contribution in [1.82, 2.24) is 4.90 Å². The molecule has 0 saturated carbocycles. The maximum atomic E-state index is 13.2. The van der Waals surface area contributed by atoms with Crippen LogP contribution >= 0.6 is 0 Å². The minimum Gasteiger partial charge on any atom is -0.350 e. The number of hydrogen-bond donors (Lipinski definition) is 2. The van der Waals surface area contributed by atoms with E-state index in [4.69, 9.17) is 0 Å². The number of nitrogens with one attached hydrogen (secondary N) is 2. The van der Waals surface area contributed by atoms with E-state index in [9.17, 15) is 14.4 Å². The summed E-state index contributed by atoms with van der Waals surface area (Å²) in [5.41, 5.74) is 4.78. The molecule has 0 atom stereocenters. The first-order chi connectivity index (χ1) is 14.2. The van der Waals surface area contributed by atoms with Crippen LogP contribution in [0.4, 0.5) is 11.4 Å². The lowest BCUT2D eigenvalue weighted by atomic mass is 9.97. The molecule has 2 N–H and O–H groups in total. The van der Waals surface area contributed by atoms with Crippen molar-refractivity contribution in [2.75, 3.05) is 17.2 Å². The Balaban J connectivity index is 2.02. The molecule has 156 valence electrons. The normalized spacial score (nSPS) is 14.0. The van der Waals surface area contributed by atoms with Gasteiger partial charge in [0.15, 0.2) is 0 Å². The minimum atomic E-state index is -0.324. The number of carbonyl (C=O) groups excluding carboxylic acids is 3. The molecule has 2 aromatic carbocycles. The lowest BCUT2D eigenvalue weighted by Gasteiger charge is -2.17. The van der Waals surface area contributed by atoms with Crippen LogP contribution < -0.4 is 10.6 Å². The monoisotopic (exact) mass is 405 g/mol. The van der Waals surface area contributed by atoms with Crippen LogP contribution in [0.25, 0.3) is 5.57 Å². The number of aryl methyl sites for hydroxylation is 2. The fourth-order valence-corrected chi connectivity index (χ4v) is 3.55. The highest BCUT2D eigenvalue weighted by atomic mass is 16.2. The Morgan fingerprint density at radius 3 is 2.17 bits per heavy atom. The molecule has 6 heteroatoms. The van der Waals surface area contributed by atoms with Crippen molar-refractivity contribution >= 4 is 34.7 Å². The van der Waals surface area contributed by atoms with E-state index in [1.165, 1.54) is 11.8 Å². The average Bonchev–Trinajstić information content (AvgIpc) is 2.87. The molecule has 0 fully saturated rings. The molecule has 0 aliphatic carbocycles. The van der Waals surface area contributed by atoms with Crippen molar-refractivity contribution in [3.8, 4) is 0 Å². The van der Waals surface area contributed by atoms with Crippen molar-refractivity contribution in [2.24, 2.45) is 5.92 Å². The summed E-state index contributed by atoms with van der Waals surface area (Å²) in [6.45, 7) is 9.69. The van der Waals surface area contributed by atoms with E-state index in [2.05, 4.69) is 10.6 Å². The molecular formula is C24H27N3O3. The maximum Gasteiger partial charge on any atom is 0.278 e. The van der Waals surface area contributed by atoms with Gasteiger partial charge in [-0.1, -0.05) is 37.6 Å². The Kier molecular flexibility index (Phi) is 6.06. The molecule has 30 heavy (non-hydrogen) atoms. The molecule has 0 spiro atoms. The van der Waals surface area contributed by atoms with Gasteiger partial charge >= 0.3 is 0 Å². The van der Waals surface area contributed by atoms with Gasteiger partial charge in [-0.05, 0) is 55.2 Å². The van der Waals surface area contributed by atoms with E-state index in [0.29, 0.717) is 23.5 Å². The predicted octanol–water partition coefficient (Wildman–Crippen LogP) is 4.11. The summed E-state index contributed by atoms with van der Waals surface area (Å²) < 4.78 is 0. The molecule has 6 nitrogen and oxygen atoms in total. The van der Waals surface area contributed by atoms with Gasteiger partial charge in [-0.3, -0.25) is 19.3 Å². The smallest absolute Gasteiger partial charge is 0.278 e. The van der Waals surface area contributed by atoms with Crippen LogP contribution in [0.2, 0.25) is 0 Å². The third kappa shape index (κ3) is 4.43. The number of benzene rings is 2. The predicted molar refractivity (Wildman–Crippen MR) is 119 cm³/mol. The fraction of sp³-hybridized carbons (Fsp3) is 0.292. The summed E-state index contributed by atoms with van der Waals surface area (Å²) in [7, 11) is 0. The second-order valence-electron chi connectivity index (χ2n) is 8.07. The average molecular weight is 405 g/mol. The van der Waals surface area contributed by atoms with Gasteiger partial charge in [-0.15, -0.1) is 0 Å². The number of amides is 3. The zero-order valence-electron chi connectivity index (χ0n) is 18.0. The summed E-state index contributed by atoms with van der Waals surface area (Å²) in [4.78, 5) is 38.9. The highest BCUT2D eigenvalue weighted by molar-refractivity contribution is 6.36. The first-order valence-corrected chi connectivity index (χ1v) is 10.00. The van der Waals surface area contributed by atoms with E-state index in [1.54, 1.807) is 24.3 Å². The van der Waals surface area contributed by atoms with Crippen molar-refractivity contribution < 1.29 is 14.4 Å². The Morgan fingerprint density at radius 2 is 1.60 bits per heavy atom. The standard InChI is InChI=1S/C24H27N3O3/c1-14(2)13-27-23(29)21(20-11-6-15(3)12-16(20)4)22(24(27)30)26-19-9-7-18(8-10-19)25-17(5)28/h6-12,14,26H,13H2,1-5H3,(H,25,28). The number of anilines is 2. The third-order valence-corrected chi connectivity index (χ3v) is 4.84. The van der Waals surface area contributed by atoms with E-state index in [1.807, 2.05) is 45.9 Å². The van der Waals surface area contributed by atoms with Crippen LogP contribution in [-0.4, -0.2) is 29.2 Å². The van der Waals surface area contributed by atoms with E-state index in [0.717, 1.165) is 16.7 Å². The molecule has 0 radical (unpaired) electrons. The van der Waals surface area contributed by atoms with Gasteiger partial charge in [0.25, 0.3) is 11.8 Å². The summed E-state index contributed by atoms with van der Waals surface area (Å²) in [5, 5.41) is 5.86. The molecular weight excluding hydrogens is 378 g/mol. The highest BCUT2D eigenvalue weighted by Crippen LogP contribution is 2.33. The molecule has 1 aliphatic heterocycles. The van der Waals surface area contributed by atoms with Crippen molar-refractivity contribution in [2.45, 2.75) is 34.6 Å².